The first-order valence-corrected chi connectivity index (χ1v) is 6.07. The Balaban J connectivity index is 2.18. The molecule has 0 amide bonds. The predicted octanol–water partition coefficient (Wildman–Crippen LogP) is 4.57. The number of halogens is 1. The number of ether oxygens (including phenoxy) is 1. The van der Waals surface area contributed by atoms with E-state index < -0.39 is 0 Å². The summed E-state index contributed by atoms with van der Waals surface area (Å²) in [5.74, 6) is 1.39. The molecule has 3 heteroatoms. The molecule has 0 heterocycles. The maximum atomic E-state index is 8.78. The van der Waals surface area contributed by atoms with E-state index in [1.54, 1.807) is 18.2 Å². The molecule has 0 saturated heterocycles. The Morgan fingerprint density at radius 3 is 2.33 bits per heavy atom. The molecule has 0 fully saturated rings. The van der Waals surface area contributed by atoms with Gasteiger partial charge in [-0.05, 0) is 36.2 Å². The number of hydrogen-bond acceptors (Lipinski definition) is 2. The highest BCUT2D eigenvalue weighted by molar-refractivity contribution is 6.31. The molecule has 2 rings (SSSR count). The average Bonchev–Trinajstić information content (AvgIpc) is 2.40. The standard InChI is InChI=1S/C15H12ClNO/c1-2-11-3-6-13(7-4-11)18-14-8-5-12(10-17)15(16)9-14/h3-9H,2H2,1H3. The zero-order chi connectivity index (χ0) is 13.0. The lowest BCUT2D eigenvalue weighted by atomic mass is 10.2. The SMILES string of the molecule is CCc1ccc(Oc2ccc(C#N)c(Cl)c2)cc1. The van der Waals surface area contributed by atoms with Gasteiger partial charge in [-0.3, -0.25) is 0 Å². The minimum Gasteiger partial charge on any atom is -0.457 e. The average molecular weight is 258 g/mol. The van der Waals surface area contributed by atoms with Crippen molar-refractivity contribution in [3.05, 3.63) is 58.6 Å². The second-order valence-corrected chi connectivity index (χ2v) is 4.26. The van der Waals surface area contributed by atoms with Gasteiger partial charge in [-0.2, -0.15) is 5.26 Å². The second kappa shape index (κ2) is 5.57. The molecule has 0 aliphatic heterocycles. The smallest absolute Gasteiger partial charge is 0.129 e. The van der Waals surface area contributed by atoms with E-state index in [0.717, 1.165) is 12.2 Å². The van der Waals surface area contributed by atoms with E-state index in [1.807, 2.05) is 30.3 Å². The van der Waals surface area contributed by atoms with Crippen LogP contribution in [0.2, 0.25) is 5.02 Å². The Bertz CT molecular complexity index is 584. The number of rotatable bonds is 3. The monoisotopic (exact) mass is 257 g/mol. The van der Waals surface area contributed by atoms with E-state index >= 15 is 0 Å². The van der Waals surface area contributed by atoms with Gasteiger partial charge < -0.3 is 4.74 Å². The van der Waals surface area contributed by atoms with Gasteiger partial charge in [0.1, 0.15) is 17.6 Å². The van der Waals surface area contributed by atoms with Gasteiger partial charge in [0.05, 0.1) is 10.6 Å². The van der Waals surface area contributed by atoms with Gasteiger partial charge in [0.25, 0.3) is 0 Å². The molecule has 0 saturated carbocycles. The fourth-order valence-electron chi connectivity index (χ4n) is 1.58. The Hall–Kier alpha value is -1.98. The van der Waals surface area contributed by atoms with Crippen molar-refractivity contribution in [2.45, 2.75) is 13.3 Å². The van der Waals surface area contributed by atoms with Crippen LogP contribution in [0.25, 0.3) is 0 Å². The van der Waals surface area contributed by atoms with Crippen LogP contribution in [0.3, 0.4) is 0 Å². The summed E-state index contributed by atoms with van der Waals surface area (Å²) in [6.07, 6.45) is 1.00. The van der Waals surface area contributed by atoms with Crippen LogP contribution in [0.4, 0.5) is 0 Å². The minimum atomic E-state index is 0.403. The number of aryl methyl sites for hydroxylation is 1. The first-order valence-electron chi connectivity index (χ1n) is 5.69. The molecule has 0 aromatic heterocycles. The number of hydrogen-bond donors (Lipinski definition) is 0. The van der Waals surface area contributed by atoms with Crippen LogP contribution in [0.1, 0.15) is 18.1 Å². The molecule has 0 spiro atoms. The molecule has 2 aromatic rings. The quantitative estimate of drug-likeness (QED) is 0.807. The van der Waals surface area contributed by atoms with E-state index in [1.165, 1.54) is 5.56 Å². The first-order chi connectivity index (χ1) is 8.72. The summed E-state index contributed by atoms with van der Waals surface area (Å²) in [5, 5.41) is 9.18. The van der Waals surface area contributed by atoms with Crippen LogP contribution in [0.15, 0.2) is 42.5 Å². The molecule has 2 nitrogen and oxygen atoms in total. The van der Waals surface area contributed by atoms with Crippen molar-refractivity contribution in [1.82, 2.24) is 0 Å². The second-order valence-electron chi connectivity index (χ2n) is 3.85. The highest BCUT2D eigenvalue weighted by atomic mass is 35.5. The van der Waals surface area contributed by atoms with Gasteiger partial charge in [-0.15, -0.1) is 0 Å². The third kappa shape index (κ3) is 2.82. The molecule has 2 aromatic carbocycles. The summed E-state index contributed by atoms with van der Waals surface area (Å²) in [6.45, 7) is 2.11. The maximum Gasteiger partial charge on any atom is 0.129 e. The third-order valence-corrected chi connectivity index (χ3v) is 2.94. The maximum absolute atomic E-state index is 8.78. The molecule has 0 unspecified atom stereocenters. The third-order valence-electron chi connectivity index (χ3n) is 2.63. The van der Waals surface area contributed by atoms with Crippen molar-refractivity contribution in [1.29, 1.82) is 5.26 Å². The summed E-state index contributed by atoms with van der Waals surface area (Å²) >= 11 is 5.94. The fourth-order valence-corrected chi connectivity index (χ4v) is 1.79. The Morgan fingerprint density at radius 2 is 1.78 bits per heavy atom. The van der Waals surface area contributed by atoms with Crippen molar-refractivity contribution < 1.29 is 4.74 Å². The van der Waals surface area contributed by atoms with Crippen molar-refractivity contribution in [3.63, 3.8) is 0 Å². The highest BCUT2D eigenvalue weighted by Crippen LogP contribution is 2.26. The van der Waals surface area contributed by atoms with Gasteiger partial charge in [0.2, 0.25) is 0 Å². The van der Waals surface area contributed by atoms with E-state index in [9.17, 15) is 0 Å². The first kappa shape index (κ1) is 12.5. The molecule has 0 radical (unpaired) electrons. The molecular weight excluding hydrogens is 246 g/mol. The molecule has 0 bridgehead atoms. The van der Waals surface area contributed by atoms with Gasteiger partial charge in [0, 0.05) is 6.07 Å². The van der Waals surface area contributed by atoms with E-state index in [4.69, 9.17) is 21.6 Å². The molecule has 0 aliphatic carbocycles. The summed E-state index contributed by atoms with van der Waals surface area (Å²) < 4.78 is 5.66. The number of nitriles is 1. The molecule has 0 atom stereocenters. The van der Waals surface area contributed by atoms with Crippen LogP contribution >= 0.6 is 11.6 Å². The molecule has 18 heavy (non-hydrogen) atoms. The van der Waals surface area contributed by atoms with Crippen LogP contribution in [0.5, 0.6) is 11.5 Å². The number of nitrogens with zero attached hydrogens (tertiary/aromatic N) is 1. The molecule has 90 valence electrons. The molecular formula is C15H12ClNO. The Morgan fingerprint density at radius 1 is 1.11 bits per heavy atom. The van der Waals surface area contributed by atoms with Crippen molar-refractivity contribution in [2.24, 2.45) is 0 Å². The van der Waals surface area contributed by atoms with Gasteiger partial charge in [-0.1, -0.05) is 30.7 Å². The normalized spacial score (nSPS) is 9.83. The van der Waals surface area contributed by atoms with Gasteiger partial charge in [0.15, 0.2) is 0 Å². The molecule has 0 aliphatic rings. The predicted molar refractivity (Wildman–Crippen MR) is 72.1 cm³/mol. The molecule has 0 N–H and O–H groups in total. The summed E-state index contributed by atoms with van der Waals surface area (Å²) in [5.41, 5.74) is 1.71. The van der Waals surface area contributed by atoms with Crippen LogP contribution < -0.4 is 4.74 Å². The van der Waals surface area contributed by atoms with Gasteiger partial charge in [-0.25, -0.2) is 0 Å². The van der Waals surface area contributed by atoms with Crippen LogP contribution in [0, 0.1) is 11.3 Å². The topological polar surface area (TPSA) is 33.0 Å². The lowest BCUT2D eigenvalue weighted by Gasteiger charge is -2.07. The summed E-state index contributed by atoms with van der Waals surface area (Å²) in [4.78, 5) is 0. The Kier molecular flexibility index (Phi) is 3.86. The van der Waals surface area contributed by atoms with Crippen LogP contribution in [-0.2, 0) is 6.42 Å². The van der Waals surface area contributed by atoms with Gasteiger partial charge >= 0.3 is 0 Å². The van der Waals surface area contributed by atoms with Crippen molar-refractivity contribution >= 4 is 11.6 Å². The Labute approximate surface area is 111 Å². The zero-order valence-electron chi connectivity index (χ0n) is 9.98. The van der Waals surface area contributed by atoms with Crippen molar-refractivity contribution in [3.8, 4) is 17.6 Å². The van der Waals surface area contributed by atoms with E-state index in [0.29, 0.717) is 16.3 Å². The minimum absolute atomic E-state index is 0.403. The van der Waals surface area contributed by atoms with Crippen LogP contribution in [-0.4, -0.2) is 0 Å². The lowest BCUT2D eigenvalue weighted by molar-refractivity contribution is 0.482. The fraction of sp³-hybridized carbons (Fsp3) is 0.133. The van der Waals surface area contributed by atoms with Crippen molar-refractivity contribution in [2.75, 3.05) is 0 Å². The summed E-state index contributed by atoms with van der Waals surface area (Å²) in [7, 11) is 0. The van der Waals surface area contributed by atoms with E-state index in [2.05, 4.69) is 6.92 Å². The lowest BCUT2D eigenvalue weighted by Crippen LogP contribution is -1.86. The van der Waals surface area contributed by atoms with E-state index in [-0.39, 0.29) is 0 Å². The zero-order valence-corrected chi connectivity index (χ0v) is 10.7. The highest BCUT2D eigenvalue weighted by Gasteiger charge is 2.03. The largest absolute Gasteiger partial charge is 0.457 e. The number of benzene rings is 2. The summed E-state index contributed by atoms with van der Waals surface area (Å²) in [6, 6.07) is 14.9.